The number of nitrogens with zero attached hydrogens (tertiary/aromatic N) is 2. The van der Waals surface area contributed by atoms with E-state index in [1.54, 1.807) is 6.92 Å². The third kappa shape index (κ3) is 4.19. The van der Waals surface area contributed by atoms with E-state index in [4.69, 9.17) is 0 Å². The molecule has 4 rings (SSSR count). The first kappa shape index (κ1) is 18.5. The summed E-state index contributed by atoms with van der Waals surface area (Å²) in [4.78, 5) is 28.4. The van der Waals surface area contributed by atoms with Crippen LogP contribution in [0.25, 0.3) is 0 Å². The Labute approximate surface area is 166 Å². The summed E-state index contributed by atoms with van der Waals surface area (Å²) in [5.41, 5.74) is 3.03. The molecule has 0 radical (unpaired) electrons. The summed E-state index contributed by atoms with van der Waals surface area (Å²) in [7, 11) is 0. The third-order valence-electron chi connectivity index (χ3n) is 5.74. The van der Waals surface area contributed by atoms with E-state index < -0.39 is 0 Å². The standard InChI is InChI=1S/C23H27N3O2/c1-17(27)18-9-11-21(12-10-18)25-13-15-26(16-14-25)23(28)24-22(20-7-8-20)19-5-3-2-4-6-19/h2-6,9-12,20,22H,7-8,13-16H2,1H3,(H,24,28)/t22-/m0/s1. The largest absolute Gasteiger partial charge is 0.368 e. The summed E-state index contributed by atoms with van der Waals surface area (Å²) >= 11 is 0. The minimum absolute atomic E-state index is 0.0346. The van der Waals surface area contributed by atoms with Crippen molar-refractivity contribution < 1.29 is 9.59 Å². The SMILES string of the molecule is CC(=O)c1ccc(N2CCN(C(=O)N[C@@H](c3ccccc3)C3CC3)CC2)cc1. The quantitative estimate of drug-likeness (QED) is 0.805. The Hall–Kier alpha value is -2.82. The lowest BCUT2D eigenvalue weighted by molar-refractivity contribution is 0.101. The smallest absolute Gasteiger partial charge is 0.318 e. The lowest BCUT2D eigenvalue weighted by atomic mass is 10.0. The second-order valence-corrected chi connectivity index (χ2v) is 7.75. The number of Topliss-reactive ketones (excluding diaryl/α,β-unsaturated/α-hetero) is 1. The van der Waals surface area contributed by atoms with Gasteiger partial charge in [0, 0.05) is 37.4 Å². The average Bonchev–Trinajstić information content (AvgIpc) is 3.58. The molecule has 1 heterocycles. The highest BCUT2D eigenvalue weighted by molar-refractivity contribution is 5.94. The zero-order valence-electron chi connectivity index (χ0n) is 16.3. The Morgan fingerprint density at radius 1 is 0.929 bits per heavy atom. The number of urea groups is 1. The number of nitrogens with one attached hydrogen (secondary N) is 1. The van der Waals surface area contributed by atoms with Crippen molar-refractivity contribution in [1.29, 1.82) is 0 Å². The van der Waals surface area contributed by atoms with Crippen LogP contribution >= 0.6 is 0 Å². The monoisotopic (exact) mass is 377 g/mol. The number of carbonyl (C=O) groups excluding carboxylic acids is 2. The Bertz CT molecular complexity index is 823. The molecule has 2 aliphatic rings. The minimum Gasteiger partial charge on any atom is -0.368 e. The molecule has 1 saturated heterocycles. The fourth-order valence-electron chi connectivity index (χ4n) is 3.86. The highest BCUT2D eigenvalue weighted by Gasteiger charge is 2.34. The molecule has 146 valence electrons. The molecule has 0 spiro atoms. The summed E-state index contributed by atoms with van der Waals surface area (Å²) in [6.07, 6.45) is 2.37. The van der Waals surface area contributed by atoms with Crippen molar-refractivity contribution in [3.8, 4) is 0 Å². The molecule has 2 fully saturated rings. The van der Waals surface area contributed by atoms with Crippen LogP contribution in [0.2, 0.25) is 0 Å². The number of benzene rings is 2. The molecule has 0 aromatic heterocycles. The van der Waals surface area contributed by atoms with Gasteiger partial charge in [-0.2, -0.15) is 0 Å². The van der Waals surface area contributed by atoms with E-state index in [1.165, 1.54) is 18.4 Å². The maximum absolute atomic E-state index is 12.8. The minimum atomic E-state index is 0.0346. The van der Waals surface area contributed by atoms with E-state index >= 15 is 0 Å². The number of amides is 2. The molecule has 0 unspecified atom stereocenters. The first-order chi connectivity index (χ1) is 13.6. The number of rotatable bonds is 5. The van der Waals surface area contributed by atoms with Crippen molar-refractivity contribution in [2.45, 2.75) is 25.8 Å². The Balaban J connectivity index is 1.34. The lowest BCUT2D eigenvalue weighted by Crippen LogP contribution is -2.52. The fourth-order valence-corrected chi connectivity index (χ4v) is 3.86. The predicted molar refractivity (Wildman–Crippen MR) is 111 cm³/mol. The van der Waals surface area contributed by atoms with E-state index in [9.17, 15) is 9.59 Å². The molecule has 2 amide bonds. The fraction of sp³-hybridized carbons (Fsp3) is 0.391. The molecule has 2 aromatic rings. The first-order valence-electron chi connectivity index (χ1n) is 10.1. The molecule has 2 aromatic carbocycles. The molecule has 1 aliphatic heterocycles. The highest BCUT2D eigenvalue weighted by atomic mass is 16.2. The third-order valence-corrected chi connectivity index (χ3v) is 5.74. The first-order valence-corrected chi connectivity index (χ1v) is 10.1. The van der Waals surface area contributed by atoms with Crippen LogP contribution in [0, 0.1) is 5.92 Å². The van der Waals surface area contributed by atoms with E-state index in [1.807, 2.05) is 47.4 Å². The maximum atomic E-state index is 12.8. The van der Waals surface area contributed by atoms with Gasteiger partial charge in [-0.3, -0.25) is 4.79 Å². The molecule has 28 heavy (non-hydrogen) atoms. The van der Waals surface area contributed by atoms with Crippen LogP contribution in [0.15, 0.2) is 54.6 Å². The van der Waals surface area contributed by atoms with Crippen LogP contribution in [0.3, 0.4) is 0 Å². The topological polar surface area (TPSA) is 52.7 Å². The maximum Gasteiger partial charge on any atom is 0.318 e. The van der Waals surface area contributed by atoms with Crippen LogP contribution < -0.4 is 10.2 Å². The van der Waals surface area contributed by atoms with Crippen molar-refractivity contribution in [3.63, 3.8) is 0 Å². The van der Waals surface area contributed by atoms with Crippen LogP contribution in [0.5, 0.6) is 0 Å². The van der Waals surface area contributed by atoms with Gasteiger partial charge in [0.1, 0.15) is 0 Å². The van der Waals surface area contributed by atoms with Gasteiger partial charge < -0.3 is 15.1 Å². The van der Waals surface area contributed by atoms with E-state index in [2.05, 4.69) is 22.3 Å². The van der Waals surface area contributed by atoms with Gasteiger partial charge in [0.15, 0.2) is 5.78 Å². The van der Waals surface area contributed by atoms with Gasteiger partial charge in [0.25, 0.3) is 0 Å². The lowest BCUT2D eigenvalue weighted by Gasteiger charge is -2.37. The van der Waals surface area contributed by atoms with Crippen LogP contribution in [0.1, 0.15) is 41.7 Å². The Kier molecular flexibility index (Phi) is 5.33. The molecular weight excluding hydrogens is 350 g/mol. The number of ketones is 1. The van der Waals surface area contributed by atoms with Crippen LogP contribution in [0.4, 0.5) is 10.5 Å². The molecular formula is C23H27N3O2. The second kappa shape index (κ2) is 8.05. The molecule has 1 N–H and O–H groups in total. The van der Waals surface area contributed by atoms with Crippen LogP contribution in [-0.2, 0) is 0 Å². The Morgan fingerprint density at radius 2 is 1.57 bits per heavy atom. The van der Waals surface area contributed by atoms with Crippen molar-refractivity contribution in [2.24, 2.45) is 5.92 Å². The predicted octanol–water partition coefficient (Wildman–Crippen LogP) is 3.87. The summed E-state index contributed by atoms with van der Waals surface area (Å²) < 4.78 is 0. The van der Waals surface area contributed by atoms with Gasteiger partial charge in [-0.15, -0.1) is 0 Å². The highest BCUT2D eigenvalue weighted by Crippen LogP contribution is 2.41. The van der Waals surface area contributed by atoms with E-state index in [0.29, 0.717) is 19.0 Å². The molecule has 1 aliphatic carbocycles. The number of piperazine rings is 1. The van der Waals surface area contributed by atoms with Gasteiger partial charge in [-0.25, -0.2) is 4.79 Å². The summed E-state index contributed by atoms with van der Waals surface area (Å²) in [6.45, 7) is 4.58. The van der Waals surface area contributed by atoms with E-state index in [-0.39, 0.29) is 17.9 Å². The number of carbonyl (C=O) groups is 2. The number of anilines is 1. The average molecular weight is 377 g/mol. The second-order valence-electron chi connectivity index (χ2n) is 7.75. The Morgan fingerprint density at radius 3 is 2.14 bits per heavy atom. The zero-order valence-corrected chi connectivity index (χ0v) is 16.3. The van der Waals surface area contributed by atoms with Gasteiger partial charge >= 0.3 is 6.03 Å². The van der Waals surface area contributed by atoms with Gasteiger partial charge in [0.05, 0.1) is 6.04 Å². The van der Waals surface area contributed by atoms with Gasteiger partial charge in [-0.1, -0.05) is 30.3 Å². The van der Waals surface area contributed by atoms with Crippen LogP contribution in [-0.4, -0.2) is 42.9 Å². The van der Waals surface area contributed by atoms with Crippen molar-refractivity contribution in [3.05, 3.63) is 65.7 Å². The number of hydrogen-bond donors (Lipinski definition) is 1. The number of hydrogen-bond acceptors (Lipinski definition) is 3. The van der Waals surface area contributed by atoms with E-state index in [0.717, 1.165) is 24.3 Å². The van der Waals surface area contributed by atoms with Crippen molar-refractivity contribution in [1.82, 2.24) is 10.2 Å². The summed E-state index contributed by atoms with van der Waals surface area (Å²) in [6, 6.07) is 18.2. The molecule has 1 saturated carbocycles. The summed E-state index contributed by atoms with van der Waals surface area (Å²) in [5, 5.41) is 3.27. The molecule has 0 bridgehead atoms. The van der Waals surface area contributed by atoms with Crippen molar-refractivity contribution in [2.75, 3.05) is 31.1 Å². The van der Waals surface area contributed by atoms with Gasteiger partial charge in [-0.05, 0) is 55.5 Å². The molecule has 1 atom stereocenters. The summed E-state index contributed by atoms with van der Waals surface area (Å²) in [5.74, 6) is 0.643. The van der Waals surface area contributed by atoms with Gasteiger partial charge in [0.2, 0.25) is 0 Å². The normalized spacial score (nSPS) is 17.9. The molecule has 5 heteroatoms. The molecule has 5 nitrogen and oxygen atoms in total. The zero-order chi connectivity index (χ0) is 19.5. The van der Waals surface area contributed by atoms with Crippen molar-refractivity contribution >= 4 is 17.5 Å².